The number of primary sulfonamides is 1. The van der Waals surface area contributed by atoms with Crippen LogP contribution in [-0.2, 0) is 21.4 Å². The van der Waals surface area contributed by atoms with E-state index in [1.54, 1.807) is 12.1 Å². The van der Waals surface area contributed by atoms with Crippen molar-refractivity contribution in [2.45, 2.75) is 17.5 Å². The molecule has 0 aliphatic rings. The molecule has 6 nitrogen and oxygen atoms in total. The van der Waals surface area contributed by atoms with Gasteiger partial charge in [-0.25, -0.2) is 13.6 Å². The number of carbonyl (C=O) groups excluding carboxylic acids is 1. The van der Waals surface area contributed by atoms with E-state index in [1.165, 1.54) is 12.1 Å². The van der Waals surface area contributed by atoms with Crippen molar-refractivity contribution in [2.75, 3.05) is 0 Å². The molecule has 0 spiro atoms. The highest BCUT2D eigenvalue weighted by Crippen LogP contribution is 2.14. The number of hydrogen-bond acceptors (Lipinski definition) is 4. The number of sulfonamides is 1. The fourth-order valence-electron chi connectivity index (χ4n) is 2.05. The van der Waals surface area contributed by atoms with Gasteiger partial charge < -0.3 is 5.73 Å². The Morgan fingerprint density at radius 3 is 2.14 bits per heavy atom. The van der Waals surface area contributed by atoms with Crippen LogP contribution < -0.4 is 16.2 Å². The molecule has 0 heterocycles. The molecule has 0 aromatic heterocycles. The largest absolute Gasteiger partial charge is 0.368 e. The summed E-state index contributed by atoms with van der Waals surface area (Å²) < 4.78 is 22.4. The molecule has 0 saturated carbocycles. The van der Waals surface area contributed by atoms with Crippen LogP contribution in [0.15, 0.2) is 59.5 Å². The van der Waals surface area contributed by atoms with Gasteiger partial charge in [0, 0.05) is 6.54 Å². The molecule has 2 aromatic carbocycles. The Labute approximate surface area is 129 Å². The van der Waals surface area contributed by atoms with Crippen molar-refractivity contribution in [3.8, 4) is 0 Å². The zero-order chi connectivity index (χ0) is 16.2. The minimum absolute atomic E-state index is 0.0470. The fraction of sp³-hybridized carbons (Fsp3) is 0.133. The van der Waals surface area contributed by atoms with E-state index in [4.69, 9.17) is 10.9 Å². The summed E-state index contributed by atoms with van der Waals surface area (Å²) in [6, 6.07) is 14.6. The molecule has 0 fully saturated rings. The molecule has 0 aliphatic heterocycles. The standard InChI is InChI=1S/C15H17N3O3S/c16-15(19)14(12-4-2-1-3-5-12)18-10-11-6-8-13(9-7-11)22(17,20)21/h1-9,14,18H,10H2,(H2,16,19)(H2,17,20,21). The molecule has 1 atom stereocenters. The first kappa shape index (κ1) is 16.2. The highest BCUT2D eigenvalue weighted by Gasteiger charge is 2.16. The van der Waals surface area contributed by atoms with Crippen molar-refractivity contribution in [1.29, 1.82) is 0 Å². The molecule has 116 valence electrons. The van der Waals surface area contributed by atoms with Crippen LogP contribution in [-0.4, -0.2) is 14.3 Å². The summed E-state index contributed by atoms with van der Waals surface area (Å²) in [5.74, 6) is -0.479. The second-order valence-corrected chi connectivity index (χ2v) is 6.38. The molecule has 2 aromatic rings. The molecule has 1 amide bonds. The molecule has 0 radical (unpaired) electrons. The number of nitrogens with two attached hydrogens (primary N) is 2. The van der Waals surface area contributed by atoms with Gasteiger partial charge in [-0.1, -0.05) is 42.5 Å². The Hall–Kier alpha value is -2.22. The minimum atomic E-state index is -3.70. The van der Waals surface area contributed by atoms with Crippen LogP contribution >= 0.6 is 0 Å². The van der Waals surface area contributed by atoms with Gasteiger partial charge in [-0.15, -0.1) is 0 Å². The summed E-state index contributed by atoms with van der Waals surface area (Å²) >= 11 is 0. The Balaban J connectivity index is 2.09. The summed E-state index contributed by atoms with van der Waals surface area (Å²) in [7, 11) is -3.70. The first-order valence-corrected chi connectivity index (χ1v) is 8.12. The van der Waals surface area contributed by atoms with Crippen molar-refractivity contribution in [2.24, 2.45) is 10.9 Å². The zero-order valence-electron chi connectivity index (χ0n) is 11.8. The monoisotopic (exact) mass is 319 g/mol. The lowest BCUT2D eigenvalue weighted by Gasteiger charge is -2.16. The van der Waals surface area contributed by atoms with E-state index in [0.29, 0.717) is 6.54 Å². The third-order valence-electron chi connectivity index (χ3n) is 3.18. The molecule has 1 unspecified atom stereocenters. The summed E-state index contributed by atoms with van der Waals surface area (Å²) in [4.78, 5) is 11.6. The summed E-state index contributed by atoms with van der Waals surface area (Å²) in [6.07, 6.45) is 0. The number of primary amides is 1. The second-order valence-electron chi connectivity index (χ2n) is 4.82. The van der Waals surface area contributed by atoms with Gasteiger partial charge in [0.05, 0.1) is 4.90 Å². The number of benzene rings is 2. The molecular weight excluding hydrogens is 302 g/mol. The molecule has 7 heteroatoms. The number of carbonyl (C=O) groups is 1. The van der Waals surface area contributed by atoms with E-state index >= 15 is 0 Å². The number of rotatable bonds is 6. The molecular formula is C15H17N3O3S. The van der Waals surface area contributed by atoms with Crippen LogP contribution in [0.3, 0.4) is 0 Å². The van der Waals surface area contributed by atoms with Gasteiger partial charge in [-0.3, -0.25) is 10.1 Å². The van der Waals surface area contributed by atoms with Crippen molar-refractivity contribution < 1.29 is 13.2 Å². The zero-order valence-corrected chi connectivity index (χ0v) is 12.6. The highest BCUT2D eigenvalue weighted by molar-refractivity contribution is 7.89. The van der Waals surface area contributed by atoms with Gasteiger partial charge in [-0.2, -0.15) is 0 Å². The van der Waals surface area contributed by atoms with E-state index in [2.05, 4.69) is 5.32 Å². The maximum atomic E-state index is 11.6. The van der Waals surface area contributed by atoms with Gasteiger partial charge in [-0.05, 0) is 23.3 Å². The SMILES string of the molecule is NC(=O)C(NCc1ccc(S(N)(=O)=O)cc1)c1ccccc1. The molecule has 22 heavy (non-hydrogen) atoms. The van der Waals surface area contributed by atoms with Crippen LogP contribution in [0.5, 0.6) is 0 Å². The maximum absolute atomic E-state index is 11.6. The lowest BCUT2D eigenvalue weighted by Crippen LogP contribution is -2.33. The molecule has 2 rings (SSSR count). The Kier molecular flexibility index (Phi) is 4.92. The van der Waals surface area contributed by atoms with Gasteiger partial charge in [0.1, 0.15) is 6.04 Å². The smallest absolute Gasteiger partial charge is 0.239 e. The van der Waals surface area contributed by atoms with Gasteiger partial charge >= 0.3 is 0 Å². The van der Waals surface area contributed by atoms with Gasteiger partial charge in [0.25, 0.3) is 0 Å². The van der Waals surface area contributed by atoms with E-state index in [-0.39, 0.29) is 4.90 Å². The highest BCUT2D eigenvalue weighted by atomic mass is 32.2. The van der Waals surface area contributed by atoms with Crippen LogP contribution in [0.2, 0.25) is 0 Å². The molecule has 0 saturated heterocycles. The van der Waals surface area contributed by atoms with E-state index in [1.807, 2.05) is 30.3 Å². The Morgan fingerprint density at radius 1 is 1.05 bits per heavy atom. The lowest BCUT2D eigenvalue weighted by atomic mass is 10.1. The third-order valence-corrected chi connectivity index (χ3v) is 4.11. The Morgan fingerprint density at radius 2 is 1.64 bits per heavy atom. The van der Waals surface area contributed by atoms with Crippen molar-refractivity contribution in [3.63, 3.8) is 0 Å². The predicted octanol–water partition coefficient (Wildman–Crippen LogP) is 0.650. The third kappa shape index (κ3) is 4.14. The van der Waals surface area contributed by atoms with Crippen LogP contribution in [0.25, 0.3) is 0 Å². The van der Waals surface area contributed by atoms with Crippen molar-refractivity contribution in [1.82, 2.24) is 5.32 Å². The van der Waals surface area contributed by atoms with Crippen LogP contribution in [0.4, 0.5) is 0 Å². The normalized spacial score (nSPS) is 12.8. The lowest BCUT2D eigenvalue weighted by molar-refractivity contribution is -0.120. The molecule has 5 N–H and O–H groups in total. The summed E-state index contributed by atoms with van der Waals surface area (Å²) in [6.45, 7) is 0.368. The number of nitrogens with one attached hydrogen (secondary N) is 1. The van der Waals surface area contributed by atoms with Gasteiger partial charge in [0.2, 0.25) is 15.9 Å². The quantitative estimate of drug-likeness (QED) is 0.725. The number of hydrogen-bond donors (Lipinski definition) is 3. The maximum Gasteiger partial charge on any atom is 0.239 e. The fourth-order valence-corrected chi connectivity index (χ4v) is 2.56. The minimum Gasteiger partial charge on any atom is -0.368 e. The summed E-state index contributed by atoms with van der Waals surface area (Å²) in [5, 5.41) is 8.09. The van der Waals surface area contributed by atoms with E-state index in [9.17, 15) is 13.2 Å². The predicted molar refractivity (Wildman–Crippen MR) is 83.0 cm³/mol. The molecule has 0 bridgehead atoms. The van der Waals surface area contributed by atoms with Crippen molar-refractivity contribution in [3.05, 3.63) is 65.7 Å². The van der Waals surface area contributed by atoms with Gasteiger partial charge in [0.15, 0.2) is 0 Å². The average molecular weight is 319 g/mol. The topological polar surface area (TPSA) is 115 Å². The van der Waals surface area contributed by atoms with E-state index in [0.717, 1.165) is 11.1 Å². The van der Waals surface area contributed by atoms with Crippen LogP contribution in [0, 0.1) is 0 Å². The van der Waals surface area contributed by atoms with Crippen LogP contribution in [0.1, 0.15) is 17.2 Å². The second kappa shape index (κ2) is 6.69. The first-order chi connectivity index (χ1) is 10.4. The number of amides is 1. The van der Waals surface area contributed by atoms with E-state index < -0.39 is 22.0 Å². The first-order valence-electron chi connectivity index (χ1n) is 6.57. The molecule has 0 aliphatic carbocycles. The summed E-state index contributed by atoms with van der Waals surface area (Å²) in [5.41, 5.74) is 7.01. The average Bonchev–Trinajstić information content (AvgIpc) is 2.48. The van der Waals surface area contributed by atoms with Crippen molar-refractivity contribution >= 4 is 15.9 Å². The Bertz CT molecular complexity index is 743.